The molecule has 2 aromatic rings. The van der Waals surface area contributed by atoms with Gasteiger partial charge in [0.1, 0.15) is 11.9 Å². The van der Waals surface area contributed by atoms with Gasteiger partial charge in [0.25, 0.3) is 5.91 Å². The molecule has 1 unspecified atom stereocenters. The molecule has 1 N–H and O–H groups in total. The summed E-state index contributed by atoms with van der Waals surface area (Å²) in [4.78, 5) is 21.3. The number of aryl methyl sites for hydroxylation is 1. The summed E-state index contributed by atoms with van der Waals surface area (Å²) in [5.74, 6) is 0.483. The molecule has 1 amide bonds. The van der Waals surface area contributed by atoms with Crippen molar-refractivity contribution >= 4 is 23.1 Å². The molecular weight excluding hydrogens is 340 g/mol. The van der Waals surface area contributed by atoms with Crippen LogP contribution in [0.5, 0.6) is 0 Å². The molecule has 3 heterocycles. The number of rotatable bonds is 4. The van der Waals surface area contributed by atoms with Crippen LogP contribution < -0.4 is 15.1 Å². The van der Waals surface area contributed by atoms with Crippen LogP contribution in [0.4, 0.5) is 17.2 Å². The van der Waals surface area contributed by atoms with Crippen LogP contribution in [0.1, 0.15) is 18.4 Å². The van der Waals surface area contributed by atoms with Crippen molar-refractivity contribution in [3.05, 3.63) is 48.2 Å². The van der Waals surface area contributed by atoms with Crippen molar-refractivity contribution in [1.82, 2.24) is 4.98 Å². The van der Waals surface area contributed by atoms with Crippen molar-refractivity contribution in [3.63, 3.8) is 0 Å². The normalized spacial score (nSPS) is 20.0. The van der Waals surface area contributed by atoms with Gasteiger partial charge in [0, 0.05) is 38.5 Å². The first-order chi connectivity index (χ1) is 13.2. The highest BCUT2D eigenvalue weighted by Crippen LogP contribution is 2.22. The molecule has 0 aliphatic carbocycles. The molecule has 2 fully saturated rings. The minimum atomic E-state index is -0.332. The minimum absolute atomic E-state index is 0.0977. The van der Waals surface area contributed by atoms with Gasteiger partial charge in [0.2, 0.25) is 0 Å². The highest BCUT2D eigenvalue weighted by atomic mass is 16.5. The third-order valence-electron chi connectivity index (χ3n) is 5.23. The van der Waals surface area contributed by atoms with Crippen LogP contribution in [0.3, 0.4) is 0 Å². The van der Waals surface area contributed by atoms with Crippen LogP contribution in [-0.4, -0.2) is 49.8 Å². The third kappa shape index (κ3) is 4.22. The van der Waals surface area contributed by atoms with Crippen molar-refractivity contribution in [2.45, 2.75) is 25.9 Å². The number of carbonyl (C=O) groups is 1. The van der Waals surface area contributed by atoms with Gasteiger partial charge in [0.15, 0.2) is 0 Å². The number of anilines is 3. The van der Waals surface area contributed by atoms with Crippen molar-refractivity contribution < 1.29 is 9.53 Å². The Morgan fingerprint density at radius 2 is 1.89 bits per heavy atom. The van der Waals surface area contributed by atoms with Crippen LogP contribution in [0.25, 0.3) is 0 Å². The predicted octanol–water partition coefficient (Wildman–Crippen LogP) is 2.83. The molecule has 1 aromatic carbocycles. The third-order valence-corrected chi connectivity index (χ3v) is 5.23. The SMILES string of the molecule is Cc1cccc(N2CCN(c3ccc(NC(=O)C4CCCO4)nc3)CC2)c1. The van der Waals surface area contributed by atoms with E-state index in [2.05, 4.69) is 51.3 Å². The summed E-state index contributed by atoms with van der Waals surface area (Å²) in [6, 6.07) is 12.6. The number of pyridine rings is 1. The molecule has 0 bridgehead atoms. The molecule has 4 rings (SSSR count). The monoisotopic (exact) mass is 366 g/mol. The Bertz CT molecular complexity index is 779. The number of benzene rings is 1. The Morgan fingerprint density at radius 3 is 2.52 bits per heavy atom. The summed E-state index contributed by atoms with van der Waals surface area (Å²) in [7, 11) is 0. The van der Waals surface area contributed by atoms with Crippen molar-refractivity contribution in [3.8, 4) is 0 Å². The van der Waals surface area contributed by atoms with Gasteiger partial charge in [-0.3, -0.25) is 4.79 Å². The number of hydrogen-bond acceptors (Lipinski definition) is 5. The Balaban J connectivity index is 1.32. The van der Waals surface area contributed by atoms with Crippen LogP contribution in [-0.2, 0) is 9.53 Å². The van der Waals surface area contributed by atoms with Crippen LogP contribution in [0.15, 0.2) is 42.6 Å². The summed E-state index contributed by atoms with van der Waals surface area (Å²) in [6.45, 7) is 6.68. The molecule has 0 radical (unpaired) electrons. The predicted molar refractivity (Wildman–Crippen MR) is 107 cm³/mol. The second-order valence-electron chi connectivity index (χ2n) is 7.21. The smallest absolute Gasteiger partial charge is 0.254 e. The molecule has 27 heavy (non-hydrogen) atoms. The lowest BCUT2D eigenvalue weighted by molar-refractivity contribution is -0.124. The van der Waals surface area contributed by atoms with Crippen molar-refractivity contribution in [1.29, 1.82) is 0 Å². The largest absolute Gasteiger partial charge is 0.368 e. The van der Waals surface area contributed by atoms with Crippen molar-refractivity contribution in [2.75, 3.05) is 47.9 Å². The van der Waals surface area contributed by atoms with E-state index >= 15 is 0 Å². The van der Waals surface area contributed by atoms with E-state index in [1.54, 1.807) is 0 Å². The van der Waals surface area contributed by atoms with E-state index in [1.165, 1.54) is 11.3 Å². The molecule has 6 heteroatoms. The first-order valence-electron chi connectivity index (χ1n) is 9.64. The summed E-state index contributed by atoms with van der Waals surface area (Å²) >= 11 is 0. The van der Waals surface area contributed by atoms with Crippen molar-refractivity contribution in [2.24, 2.45) is 0 Å². The Hall–Kier alpha value is -2.60. The van der Waals surface area contributed by atoms with Crippen LogP contribution in [0, 0.1) is 6.92 Å². The first kappa shape index (κ1) is 17.8. The lowest BCUT2D eigenvalue weighted by Crippen LogP contribution is -2.46. The zero-order chi connectivity index (χ0) is 18.6. The maximum absolute atomic E-state index is 12.1. The second kappa shape index (κ2) is 7.96. The van der Waals surface area contributed by atoms with Gasteiger partial charge in [-0.25, -0.2) is 4.98 Å². The molecule has 2 aliphatic rings. The van der Waals surface area contributed by atoms with Gasteiger partial charge in [0.05, 0.1) is 11.9 Å². The standard InChI is InChI=1S/C21H26N4O2/c1-16-4-2-5-17(14-16)24-9-11-25(12-10-24)18-7-8-20(22-15-18)23-21(26)19-6-3-13-27-19/h2,4-5,7-8,14-15,19H,3,6,9-13H2,1H3,(H,22,23,26). The maximum Gasteiger partial charge on any atom is 0.254 e. The number of nitrogens with one attached hydrogen (secondary N) is 1. The fourth-order valence-corrected chi connectivity index (χ4v) is 3.69. The van der Waals surface area contributed by atoms with E-state index in [9.17, 15) is 4.79 Å². The lowest BCUT2D eigenvalue weighted by atomic mass is 10.2. The molecule has 142 valence electrons. The maximum atomic E-state index is 12.1. The summed E-state index contributed by atoms with van der Waals surface area (Å²) in [5, 5.41) is 2.85. The minimum Gasteiger partial charge on any atom is -0.368 e. The van der Waals surface area contributed by atoms with Crippen LogP contribution in [0.2, 0.25) is 0 Å². The molecule has 1 aromatic heterocycles. The van der Waals surface area contributed by atoms with E-state index in [1.807, 2.05) is 18.3 Å². The molecule has 0 saturated carbocycles. The summed E-state index contributed by atoms with van der Waals surface area (Å²) < 4.78 is 5.41. The van der Waals surface area contributed by atoms with Crippen LogP contribution >= 0.6 is 0 Å². The summed E-state index contributed by atoms with van der Waals surface area (Å²) in [6.07, 6.45) is 3.24. The zero-order valence-electron chi connectivity index (χ0n) is 15.7. The number of carbonyl (C=O) groups excluding carboxylic acids is 1. The Labute approximate surface area is 160 Å². The van der Waals surface area contributed by atoms with E-state index in [-0.39, 0.29) is 12.0 Å². The fraction of sp³-hybridized carbons (Fsp3) is 0.429. The Morgan fingerprint density at radius 1 is 1.11 bits per heavy atom. The topological polar surface area (TPSA) is 57.7 Å². The van der Waals surface area contributed by atoms with Gasteiger partial charge in [-0.15, -0.1) is 0 Å². The number of ether oxygens (including phenoxy) is 1. The highest BCUT2D eigenvalue weighted by Gasteiger charge is 2.24. The second-order valence-corrected chi connectivity index (χ2v) is 7.21. The van der Waals surface area contributed by atoms with Gasteiger partial charge in [-0.1, -0.05) is 12.1 Å². The average Bonchev–Trinajstić information content (AvgIpc) is 3.24. The number of nitrogens with zero attached hydrogens (tertiary/aromatic N) is 3. The quantitative estimate of drug-likeness (QED) is 0.902. The molecular formula is C21H26N4O2. The summed E-state index contributed by atoms with van der Waals surface area (Å²) in [5.41, 5.74) is 3.67. The average molecular weight is 366 g/mol. The van der Waals surface area contributed by atoms with E-state index in [0.717, 1.165) is 44.7 Å². The van der Waals surface area contributed by atoms with E-state index < -0.39 is 0 Å². The zero-order valence-corrected chi connectivity index (χ0v) is 15.7. The number of amides is 1. The Kier molecular flexibility index (Phi) is 5.25. The number of piperazine rings is 1. The fourth-order valence-electron chi connectivity index (χ4n) is 3.69. The number of aromatic nitrogens is 1. The van der Waals surface area contributed by atoms with Gasteiger partial charge in [-0.05, 0) is 49.6 Å². The van der Waals surface area contributed by atoms with E-state index in [4.69, 9.17) is 4.74 Å². The molecule has 2 aliphatic heterocycles. The van der Waals surface area contributed by atoms with E-state index in [0.29, 0.717) is 12.4 Å². The highest BCUT2D eigenvalue weighted by molar-refractivity contribution is 5.93. The molecule has 1 atom stereocenters. The molecule has 6 nitrogen and oxygen atoms in total. The lowest BCUT2D eigenvalue weighted by Gasteiger charge is -2.37. The van der Waals surface area contributed by atoms with Gasteiger partial charge in [-0.2, -0.15) is 0 Å². The van der Waals surface area contributed by atoms with Gasteiger partial charge >= 0.3 is 0 Å². The molecule has 2 saturated heterocycles. The van der Waals surface area contributed by atoms with Gasteiger partial charge < -0.3 is 19.9 Å². The number of hydrogen-bond donors (Lipinski definition) is 1. The molecule has 0 spiro atoms. The first-order valence-corrected chi connectivity index (χ1v) is 9.64.